The van der Waals surface area contributed by atoms with Gasteiger partial charge in [0.15, 0.2) is 17.4 Å². The number of hydrogen-bond donors (Lipinski definition) is 4. The van der Waals surface area contributed by atoms with Gasteiger partial charge >= 0.3 is 0 Å². The molecule has 9 nitrogen and oxygen atoms in total. The van der Waals surface area contributed by atoms with Gasteiger partial charge in [0.2, 0.25) is 0 Å². The normalized spacial score (nSPS) is 28.8. The number of aromatic nitrogens is 4. The Morgan fingerprint density at radius 2 is 2.14 bits per heavy atom. The van der Waals surface area contributed by atoms with Crippen LogP contribution in [0.15, 0.2) is 11.1 Å². The van der Waals surface area contributed by atoms with Crippen LogP contribution in [0.25, 0.3) is 11.2 Å². The number of aromatic amines is 1. The molecule has 2 aromatic rings. The molecule has 120 valence electrons. The number of aliphatic hydroxyl groups is 3. The number of ether oxygens (including phenoxy) is 1. The van der Waals surface area contributed by atoms with Crippen molar-refractivity contribution in [3.8, 4) is 0 Å². The van der Waals surface area contributed by atoms with Gasteiger partial charge in [-0.25, -0.2) is 9.97 Å². The second kappa shape index (κ2) is 5.43. The van der Waals surface area contributed by atoms with Gasteiger partial charge in [0.25, 0.3) is 5.56 Å². The lowest BCUT2D eigenvalue weighted by Gasteiger charge is -2.16. The van der Waals surface area contributed by atoms with Crippen LogP contribution in [-0.2, 0) is 4.74 Å². The topological polar surface area (TPSA) is 133 Å². The zero-order chi connectivity index (χ0) is 16.0. The average Bonchev–Trinajstić information content (AvgIpc) is 3.02. The highest BCUT2D eigenvalue weighted by Gasteiger charge is 2.44. The van der Waals surface area contributed by atoms with E-state index in [0.717, 1.165) is 0 Å². The molecular weight excluding hydrogens is 292 g/mol. The summed E-state index contributed by atoms with van der Waals surface area (Å²) in [6, 6.07) is 0. The summed E-state index contributed by atoms with van der Waals surface area (Å²) in [6.07, 6.45) is -3.01. The van der Waals surface area contributed by atoms with E-state index in [1.165, 1.54) is 10.9 Å². The van der Waals surface area contributed by atoms with Crippen molar-refractivity contribution in [1.29, 1.82) is 0 Å². The van der Waals surface area contributed by atoms with Crippen LogP contribution in [0.5, 0.6) is 0 Å². The predicted octanol–water partition coefficient (Wildman–Crippen LogP) is -1.15. The van der Waals surface area contributed by atoms with E-state index in [1.807, 2.05) is 13.8 Å². The fourth-order valence-corrected chi connectivity index (χ4v) is 2.51. The Bertz CT molecular complexity index is 740. The lowest BCUT2D eigenvalue weighted by atomic mass is 10.1. The van der Waals surface area contributed by atoms with Gasteiger partial charge in [-0.3, -0.25) is 9.36 Å². The van der Waals surface area contributed by atoms with Crippen LogP contribution in [-0.4, -0.2) is 59.8 Å². The first-order valence-corrected chi connectivity index (χ1v) is 7.03. The monoisotopic (exact) mass is 310 g/mol. The van der Waals surface area contributed by atoms with Gasteiger partial charge in [-0.2, -0.15) is 0 Å². The Hall–Kier alpha value is -1.81. The van der Waals surface area contributed by atoms with Crippen molar-refractivity contribution in [1.82, 2.24) is 19.5 Å². The number of hydrogen-bond acceptors (Lipinski definition) is 7. The summed E-state index contributed by atoms with van der Waals surface area (Å²) in [6.45, 7) is 3.35. The first kappa shape index (κ1) is 15.1. The van der Waals surface area contributed by atoms with Crippen molar-refractivity contribution in [3.05, 3.63) is 22.5 Å². The summed E-state index contributed by atoms with van der Waals surface area (Å²) in [7, 11) is 0. The van der Waals surface area contributed by atoms with Gasteiger partial charge < -0.3 is 25.0 Å². The maximum absolute atomic E-state index is 12.0. The SMILES string of the molecule is CC(C)c1nc2c(ncn2[C@@H]2O[C@H](CO)C(O)C2O)c(=O)[nH]1. The van der Waals surface area contributed by atoms with E-state index in [-0.39, 0.29) is 22.6 Å². The maximum atomic E-state index is 12.0. The Balaban J connectivity index is 2.10. The number of rotatable bonds is 3. The molecule has 0 saturated carbocycles. The van der Waals surface area contributed by atoms with E-state index < -0.39 is 31.1 Å². The summed E-state index contributed by atoms with van der Waals surface area (Å²) < 4.78 is 6.85. The molecule has 0 spiro atoms. The first-order valence-electron chi connectivity index (χ1n) is 7.03. The highest BCUT2D eigenvalue weighted by Crippen LogP contribution is 2.30. The number of nitrogens with one attached hydrogen (secondary N) is 1. The van der Waals surface area contributed by atoms with Crippen LogP contribution in [0.3, 0.4) is 0 Å². The van der Waals surface area contributed by atoms with Crippen molar-refractivity contribution in [2.75, 3.05) is 6.61 Å². The molecule has 3 rings (SSSR count). The standard InChI is InChI=1S/C13H18N4O5/c1-5(2)10-15-11-7(12(21)16-10)14-4-17(11)13-9(20)8(19)6(3-18)22-13/h4-6,8-9,13,18-20H,3H2,1-2H3,(H,15,16,21)/t6-,8?,9?,13-/m1/s1. The molecule has 3 heterocycles. The van der Waals surface area contributed by atoms with Gasteiger partial charge in [-0.05, 0) is 0 Å². The number of nitrogens with zero attached hydrogens (tertiary/aromatic N) is 3. The predicted molar refractivity (Wildman–Crippen MR) is 75.2 cm³/mol. The molecule has 1 saturated heterocycles. The van der Waals surface area contributed by atoms with Gasteiger partial charge in [0, 0.05) is 5.92 Å². The summed E-state index contributed by atoms with van der Waals surface area (Å²) in [5.74, 6) is 0.497. The Morgan fingerprint density at radius 3 is 2.73 bits per heavy atom. The van der Waals surface area contributed by atoms with Crippen LogP contribution in [0.4, 0.5) is 0 Å². The number of imidazole rings is 1. The number of fused-ring (bicyclic) bond motifs is 1. The van der Waals surface area contributed by atoms with Crippen LogP contribution in [0.1, 0.15) is 31.8 Å². The minimum Gasteiger partial charge on any atom is -0.394 e. The summed E-state index contributed by atoms with van der Waals surface area (Å²) in [5, 5.41) is 29.1. The van der Waals surface area contributed by atoms with Gasteiger partial charge in [0.05, 0.1) is 12.9 Å². The molecule has 0 amide bonds. The molecular formula is C13H18N4O5. The van der Waals surface area contributed by atoms with Gasteiger partial charge in [-0.1, -0.05) is 13.8 Å². The van der Waals surface area contributed by atoms with E-state index in [0.29, 0.717) is 5.82 Å². The van der Waals surface area contributed by atoms with E-state index >= 15 is 0 Å². The smallest absolute Gasteiger partial charge is 0.279 e. The molecule has 1 aliphatic rings. The molecule has 4 atom stereocenters. The van der Waals surface area contributed by atoms with Crippen LogP contribution in [0.2, 0.25) is 0 Å². The Kier molecular flexibility index (Phi) is 3.73. The summed E-state index contributed by atoms with van der Waals surface area (Å²) in [5.41, 5.74) is 0.0172. The van der Waals surface area contributed by atoms with Crippen LogP contribution in [0, 0.1) is 0 Å². The van der Waals surface area contributed by atoms with Gasteiger partial charge in [-0.15, -0.1) is 0 Å². The minimum atomic E-state index is -1.25. The van der Waals surface area contributed by atoms with E-state index in [1.54, 1.807) is 0 Å². The van der Waals surface area contributed by atoms with E-state index in [9.17, 15) is 15.0 Å². The minimum absolute atomic E-state index is 0.00523. The summed E-state index contributed by atoms with van der Waals surface area (Å²) >= 11 is 0. The molecule has 9 heteroatoms. The largest absolute Gasteiger partial charge is 0.394 e. The quantitative estimate of drug-likeness (QED) is 0.562. The number of aliphatic hydroxyl groups excluding tert-OH is 3. The number of H-pyrrole nitrogens is 1. The molecule has 2 unspecified atom stereocenters. The van der Waals surface area contributed by atoms with Gasteiger partial charge in [0.1, 0.15) is 24.1 Å². The second-order valence-electron chi connectivity index (χ2n) is 5.66. The zero-order valence-electron chi connectivity index (χ0n) is 12.2. The highest BCUT2D eigenvalue weighted by molar-refractivity contribution is 5.69. The Morgan fingerprint density at radius 1 is 1.41 bits per heavy atom. The second-order valence-corrected chi connectivity index (χ2v) is 5.66. The Labute approximate surface area is 125 Å². The average molecular weight is 310 g/mol. The van der Waals surface area contributed by atoms with Crippen LogP contribution >= 0.6 is 0 Å². The zero-order valence-corrected chi connectivity index (χ0v) is 12.2. The van der Waals surface area contributed by atoms with Crippen LogP contribution < -0.4 is 5.56 Å². The lowest BCUT2D eigenvalue weighted by molar-refractivity contribution is -0.0511. The third-order valence-corrected chi connectivity index (χ3v) is 3.79. The maximum Gasteiger partial charge on any atom is 0.279 e. The fourth-order valence-electron chi connectivity index (χ4n) is 2.51. The highest BCUT2D eigenvalue weighted by atomic mass is 16.6. The van der Waals surface area contributed by atoms with Crippen molar-refractivity contribution < 1.29 is 20.1 Å². The van der Waals surface area contributed by atoms with Crippen molar-refractivity contribution in [2.45, 2.75) is 44.3 Å². The third kappa shape index (κ3) is 2.22. The molecule has 0 radical (unpaired) electrons. The molecule has 0 aliphatic carbocycles. The fraction of sp³-hybridized carbons (Fsp3) is 0.615. The lowest BCUT2D eigenvalue weighted by Crippen LogP contribution is -2.33. The van der Waals surface area contributed by atoms with E-state index in [2.05, 4.69) is 15.0 Å². The molecule has 2 aromatic heterocycles. The first-order chi connectivity index (χ1) is 10.4. The third-order valence-electron chi connectivity index (χ3n) is 3.79. The molecule has 4 N–H and O–H groups in total. The van der Waals surface area contributed by atoms with Crippen molar-refractivity contribution in [3.63, 3.8) is 0 Å². The molecule has 0 bridgehead atoms. The molecule has 1 fully saturated rings. The molecule has 1 aliphatic heterocycles. The molecule has 22 heavy (non-hydrogen) atoms. The molecule has 0 aromatic carbocycles. The summed E-state index contributed by atoms with van der Waals surface area (Å²) in [4.78, 5) is 23.0. The van der Waals surface area contributed by atoms with Crippen molar-refractivity contribution >= 4 is 11.2 Å². The van der Waals surface area contributed by atoms with Crippen molar-refractivity contribution in [2.24, 2.45) is 0 Å². The van der Waals surface area contributed by atoms with E-state index in [4.69, 9.17) is 9.84 Å².